The number of rotatable bonds is 7. The molecule has 1 aromatic heterocycles. The Kier molecular flexibility index (Phi) is 6.30. The second-order valence-electron chi connectivity index (χ2n) is 4.29. The van der Waals surface area contributed by atoms with Gasteiger partial charge in [0.15, 0.2) is 0 Å². The second kappa shape index (κ2) is 7.74. The van der Waals surface area contributed by atoms with E-state index < -0.39 is 0 Å². The number of hydrogen-bond donors (Lipinski definition) is 1. The van der Waals surface area contributed by atoms with Crippen molar-refractivity contribution in [2.45, 2.75) is 27.2 Å². The zero-order chi connectivity index (χ0) is 15.1. The molecule has 0 fully saturated rings. The van der Waals surface area contributed by atoms with Gasteiger partial charge in [0, 0.05) is 12.2 Å². The predicted molar refractivity (Wildman–Crippen MR) is 81.8 cm³/mol. The predicted octanol–water partition coefficient (Wildman–Crippen LogP) is 1.20. The largest absolute Gasteiger partial charge is 0.465 e. The number of aryl methyl sites for hydroxylation is 1. The second-order valence-corrected chi connectivity index (χ2v) is 4.73. The van der Waals surface area contributed by atoms with Crippen molar-refractivity contribution in [3.8, 4) is 0 Å². The average molecular weight is 296 g/mol. The molecule has 0 aliphatic heterocycles. The molecule has 2 N–H and O–H groups in total. The van der Waals surface area contributed by atoms with Crippen molar-refractivity contribution >= 4 is 29.1 Å². The highest BCUT2D eigenvalue weighted by Gasteiger charge is 2.16. The van der Waals surface area contributed by atoms with Crippen LogP contribution in [0.5, 0.6) is 0 Å². The highest BCUT2D eigenvalue weighted by Crippen LogP contribution is 2.11. The fourth-order valence-electron chi connectivity index (χ4n) is 1.70. The first kappa shape index (κ1) is 16.3. The van der Waals surface area contributed by atoms with Gasteiger partial charge in [0.05, 0.1) is 6.61 Å². The smallest absolute Gasteiger partial charge is 0.325 e. The van der Waals surface area contributed by atoms with Crippen LogP contribution in [0.25, 0.3) is 0 Å². The van der Waals surface area contributed by atoms with E-state index in [1.165, 1.54) is 0 Å². The van der Waals surface area contributed by atoms with E-state index >= 15 is 0 Å². The lowest BCUT2D eigenvalue weighted by molar-refractivity contribution is -0.141. The summed E-state index contributed by atoms with van der Waals surface area (Å²) in [5.74, 6) is 0.144. The summed E-state index contributed by atoms with van der Waals surface area (Å²) in [5, 5.41) is 0. The molecule has 0 bridgehead atoms. The molecule has 0 saturated carbocycles. The van der Waals surface area contributed by atoms with E-state index in [1.807, 2.05) is 13.8 Å². The average Bonchev–Trinajstić information content (AvgIpc) is 2.37. The molecule has 110 valence electrons. The minimum absolute atomic E-state index is 0.113. The molecule has 0 aliphatic carbocycles. The van der Waals surface area contributed by atoms with Gasteiger partial charge < -0.3 is 15.4 Å². The van der Waals surface area contributed by atoms with Gasteiger partial charge in [-0.2, -0.15) is 0 Å². The number of nitrogens with zero attached hydrogens (tertiary/aromatic N) is 3. The van der Waals surface area contributed by atoms with Gasteiger partial charge in [-0.3, -0.25) is 4.79 Å². The van der Waals surface area contributed by atoms with Crippen molar-refractivity contribution in [2.75, 3.05) is 24.6 Å². The van der Waals surface area contributed by atoms with Crippen LogP contribution in [0.4, 0.5) is 5.95 Å². The van der Waals surface area contributed by atoms with Gasteiger partial charge >= 0.3 is 5.97 Å². The van der Waals surface area contributed by atoms with Crippen LogP contribution in [0.3, 0.4) is 0 Å². The Morgan fingerprint density at radius 3 is 2.70 bits per heavy atom. The maximum absolute atomic E-state index is 11.6. The highest BCUT2D eigenvalue weighted by molar-refractivity contribution is 7.80. The number of carbonyl (C=O) groups excluding carboxylic acids is 1. The van der Waals surface area contributed by atoms with E-state index in [4.69, 9.17) is 22.7 Å². The summed E-state index contributed by atoms with van der Waals surface area (Å²) in [6, 6.07) is 1.72. The van der Waals surface area contributed by atoms with Crippen LogP contribution in [0.15, 0.2) is 6.07 Å². The van der Waals surface area contributed by atoms with E-state index in [-0.39, 0.29) is 17.5 Å². The van der Waals surface area contributed by atoms with Crippen molar-refractivity contribution in [1.82, 2.24) is 9.97 Å². The number of thiocarbonyl (C=S) groups is 1. The molecular weight excluding hydrogens is 276 g/mol. The van der Waals surface area contributed by atoms with Gasteiger partial charge in [0.2, 0.25) is 5.95 Å². The Morgan fingerprint density at radius 1 is 1.45 bits per heavy atom. The van der Waals surface area contributed by atoms with Gasteiger partial charge in [-0.1, -0.05) is 19.1 Å². The lowest BCUT2D eigenvalue weighted by Gasteiger charge is -2.21. The van der Waals surface area contributed by atoms with Crippen LogP contribution in [-0.4, -0.2) is 40.6 Å². The Balaban J connectivity index is 3.01. The molecule has 1 aromatic rings. The fraction of sp³-hybridized carbons (Fsp3) is 0.538. The molecular formula is C13H20N4O2S. The number of ether oxygens (including phenoxy) is 1. The fourth-order valence-corrected chi connectivity index (χ4v) is 1.81. The van der Waals surface area contributed by atoms with E-state index in [9.17, 15) is 4.79 Å². The molecule has 1 rings (SSSR count). The number of esters is 1. The number of carbonyl (C=O) groups is 1. The maximum atomic E-state index is 11.6. The molecule has 0 spiro atoms. The van der Waals surface area contributed by atoms with Crippen LogP contribution in [0.1, 0.15) is 31.7 Å². The summed E-state index contributed by atoms with van der Waals surface area (Å²) in [6.07, 6.45) is 0.860. The zero-order valence-electron chi connectivity index (χ0n) is 12.0. The molecule has 0 amide bonds. The lowest BCUT2D eigenvalue weighted by Crippen LogP contribution is -2.33. The Hall–Kier alpha value is -1.76. The standard InChI is InChI=1S/C13H20N4O2S/c1-4-6-17(8-11(18)19-5-2)13-15-9(3)7-10(16-13)12(14)20/h7H,4-6,8H2,1-3H3,(H2,14,20). The van der Waals surface area contributed by atoms with Crippen LogP contribution in [0.2, 0.25) is 0 Å². The molecule has 0 radical (unpaired) electrons. The summed E-state index contributed by atoms with van der Waals surface area (Å²) in [4.78, 5) is 22.3. The summed E-state index contributed by atoms with van der Waals surface area (Å²) < 4.78 is 4.96. The topological polar surface area (TPSA) is 81.3 Å². The summed E-state index contributed by atoms with van der Waals surface area (Å²) in [6.45, 7) is 6.74. The maximum Gasteiger partial charge on any atom is 0.325 e. The van der Waals surface area contributed by atoms with Crippen molar-refractivity contribution in [2.24, 2.45) is 5.73 Å². The van der Waals surface area contributed by atoms with Crippen LogP contribution < -0.4 is 10.6 Å². The lowest BCUT2D eigenvalue weighted by atomic mass is 10.3. The van der Waals surface area contributed by atoms with Crippen molar-refractivity contribution in [1.29, 1.82) is 0 Å². The van der Waals surface area contributed by atoms with Crippen molar-refractivity contribution in [3.63, 3.8) is 0 Å². The molecule has 0 unspecified atom stereocenters. The number of nitrogens with two attached hydrogens (primary N) is 1. The molecule has 0 aromatic carbocycles. The van der Waals surface area contributed by atoms with E-state index in [0.717, 1.165) is 12.1 Å². The Bertz CT molecular complexity index is 493. The Labute approximate surface area is 124 Å². The minimum Gasteiger partial charge on any atom is -0.465 e. The summed E-state index contributed by atoms with van der Waals surface area (Å²) in [5.41, 5.74) is 6.87. The number of anilines is 1. The van der Waals surface area contributed by atoms with Crippen molar-refractivity contribution < 1.29 is 9.53 Å². The van der Waals surface area contributed by atoms with Gasteiger partial charge in [-0.25, -0.2) is 9.97 Å². The third kappa shape index (κ3) is 4.73. The first-order valence-corrected chi connectivity index (χ1v) is 6.94. The SMILES string of the molecule is CCCN(CC(=O)OCC)c1nc(C)cc(C(N)=S)n1. The van der Waals surface area contributed by atoms with E-state index in [2.05, 4.69) is 9.97 Å². The van der Waals surface area contributed by atoms with Crippen LogP contribution in [-0.2, 0) is 9.53 Å². The summed E-state index contributed by atoms with van der Waals surface area (Å²) in [7, 11) is 0. The van der Waals surface area contributed by atoms with E-state index in [1.54, 1.807) is 17.9 Å². The van der Waals surface area contributed by atoms with Gasteiger partial charge in [-0.05, 0) is 26.3 Å². The normalized spacial score (nSPS) is 10.2. The minimum atomic E-state index is -0.303. The molecule has 0 aliphatic rings. The van der Waals surface area contributed by atoms with Crippen molar-refractivity contribution in [3.05, 3.63) is 17.5 Å². The monoisotopic (exact) mass is 296 g/mol. The molecule has 6 nitrogen and oxygen atoms in total. The highest BCUT2D eigenvalue weighted by atomic mass is 32.1. The molecule has 7 heteroatoms. The summed E-state index contributed by atoms with van der Waals surface area (Å²) >= 11 is 4.94. The van der Waals surface area contributed by atoms with Gasteiger partial charge in [-0.15, -0.1) is 0 Å². The van der Waals surface area contributed by atoms with E-state index in [0.29, 0.717) is 24.8 Å². The van der Waals surface area contributed by atoms with Gasteiger partial charge in [0.25, 0.3) is 0 Å². The van der Waals surface area contributed by atoms with Crippen LogP contribution >= 0.6 is 12.2 Å². The molecule has 0 atom stereocenters. The first-order chi connectivity index (χ1) is 9.47. The molecule has 0 saturated heterocycles. The first-order valence-electron chi connectivity index (χ1n) is 6.54. The van der Waals surface area contributed by atoms with Gasteiger partial charge in [0.1, 0.15) is 17.2 Å². The Morgan fingerprint density at radius 2 is 2.15 bits per heavy atom. The molecule has 20 heavy (non-hydrogen) atoms. The zero-order valence-corrected chi connectivity index (χ0v) is 12.9. The number of hydrogen-bond acceptors (Lipinski definition) is 6. The number of aromatic nitrogens is 2. The molecule has 1 heterocycles. The third-order valence-electron chi connectivity index (χ3n) is 2.50. The quantitative estimate of drug-likeness (QED) is 0.598. The van der Waals surface area contributed by atoms with Crippen LogP contribution in [0, 0.1) is 6.92 Å². The third-order valence-corrected chi connectivity index (χ3v) is 2.71.